The third-order valence-corrected chi connectivity index (χ3v) is 5.45. The smallest absolute Gasteiger partial charge is 0.150 e. The molecule has 31 heavy (non-hydrogen) atoms. The van der Waals surface area contributed by atoms with Crippen molar-refractivity contribution in [2.75, 3.05) is 6.54 Å². The number of hydrogen-bond acceptors (Lipinski definition) is 5. The Kier molecular flexibility index (Phi) is 5.08. The summed E-state index contributed by atoms with van der Waals surface area (Å²) in [5.74, 6) is 0.589. The summed E-state index contributed by atoms with van der Waals surface area (Å²) >= 11 is 0. The van der Waals surface area contributed by atoms with Crippen molar-refractivity contribution < 1.29 is 4.39 Å². The van der Waals surface area contributed by atoms with Gasteiger partial charge in [-0.2, -0.15) is 0 Å². The molecule has 1 unspecified atom stereocenters. The number of aliphatic imine (C=N–C) groups is 1. The van der Waals surface area contributed by atoms with Crippen LogP contribution >= 0.6 is 0 Å². The molecule has 1 atom stereocenters. The third kappa shape index (κ3) is 4.12. The van der Waals surface area contributed by atoms with Gasteiger partial charge in [0.15, 0.2) is 0 Å². The number of fused-ring (bicyclic) bond motifs is 1. The van der Waals surface area contributed by atoms with Crippen molar-refractivity contribution >= 4 is 11.5 Å². The first-order valence-electron chi connectivity index (χ1n) is 10.4. The molecule has 1 aromatic carbocycles. The standard InChI is InChI=1S/C24H23FN6/c1-17-14-30(16-27-17)11-2-12-31-15-22(18-3-5-20(25)6-4-18)29-24-23(31)13-21(28-24)19-7-9-26-10-8-19/h3-10,13-16,21H,2,11-12H2,1H3,(H,28,29). The Balaban J connectivity index is 1.41. The number of nitrogens with one attached hydrogen (secondary N) is 1. The molecule has 4 heterocycles. The summed E-state index contributed by atoms with van der Waals surface area (Å²) < 4.78 is 15.5. The van der Waals surface area contributed by atoms with E-state index in [2.05, 4.69) is 43.2 Å². The maximum atomic E-state index is 13.4. The number of imidazole rings is 1. The van der Waals surface area contributed by atoms with Crippen molar-refractivity contribution in [2.24, 2.45) is 4.99 Å². The molecule has 0 fully saturated rings. The maximum absolute atomic E-state index is 13.4. The highest BCUT2D eigenvalue weighted by molar-refractivity contribution is 6.06. The lowest BCUT2D eigenvalue weighted by atomic mass is 10.1. The number of aromatic nitrogens is 3. The van der Waals surface area contributed by atoms with Crippen LogP contribution in [-0.4, -0.2) is 31.8 Å². The van der Waals surface area contributed by atoms with Crippen LogP contribution in [0.25, 0.3) is 5.70 Å². The average molecular weight is 414 g/mol. The number of amidine groups is 1. The number of aryl methyl sites for hydroxylation is 2. The highest BCUT2D eigenvalue weighted by Crippen LogP contribution is 2.32. The van der Waals surface area contributed by atoms with Gasteiger partial charge in [0.2, 0.25) is 0 Å². The number of halogens is 1. The summed E-state index contributed by atoms with van der Waals surface area (Å²) in [6.07, 6.45) is 12.7. The zero-order valence-corrected chi connectivity index (χ0v) is 17.2. The van der Waals surface area contributed by atoms with Crippen LogP contribution in [-0.2, 0) is 6.54 Å². The summed E-state index contributed by atoms with van der Waals surface area (Å²) in [6, 6.07) is 10.4. The first-order chi connectivity index (χ1) is 15.2. The second kappa shape index (κ2) is 8.18. The fourth-order valence-electron chi connectivity index (χ4n) is 3.89. The van der Waals surface area contributed by atoms with Gasteiger partial charge < -0.3 is 14.8 Å². The van der Waals surface area contributed by atoms with E-state index in [9.17, 15) is 4.39 Å². The summed E-state index contributed by atoms with van der Waals surface area (Å²) in [4.78, 5) is 15.5. The minimum Gasteiger partial charge on any atom is -0.343 e. The predicted molar refractivity (Wildman–Crippen MR) is 118 cm³/mol. The van der Waals surface area contributed by atoms with E-state index in [1.807, 2.05) is 25.4 Å². The molecule has 0 amide bonds. The van der Waals surface area contributed by atoms with Gasteiger partial charge in [0.05, 0.1) is 29.5 Å². The Hall–Kier alpha value is -3.74. The van der Waals surface area contributed by atoms with E-state index in [-0.39, 0.29) is 11.9 Å². The molecule has 3 aromatic rings. The zero-order chi connectivity index (χ0) is 21.2. The largest absolute Gasteiger partial charge is 0.343 e. The molecule has 0 radical (unpaired) electrons. The van der Waals surface area contributed by atoms with E-state index in [1.54, 1.807) is 24.5 Å². The van der Waals surface area contributed by atoms with Crippen LogP contribution in [0, 0.1) is 12.7 Å². The topological polar surface area (TPSA) is 58.3 Å². The lowest BCUT2D eigenvalue weighted by Crippen LogP contribution is -2.36. The van der Waals surface area contributed by atoms with E-state index in [4.69, 9.17) is 4.99 Å². The normalized spacial score (nSPS) is 17.5. The molecule has 5 rings (SSSR count). The van der Waals surface area contributed by atoms with E-state index in [0.717, 1.165) is 53.6 Å². The molecule has 0 saturated carbocycles. The second-order valence-corrected chi connectivity index (χ2v) is 7.73. The molecule has 2 aromatic heterocycles. The van der Waals surface area contributed by atoms with Crippen molar-refractivity contribution in [2.45, 2.75) is 25.9 Å². The van der Waals surface area contributed by atoms with Gasteiger partial charge in [-0.1, -0.05) is 0 Å². The molecule has 156 valence electrons. The Bertz CT molecular complexity index is 1160. The molecule has 0 spiro atoms. The van der Waals surface area contributed by atoms with Crippen LogP contribution in [0.15, 0.2) is 84.3 Å². The van der Waals surface area contributed by atoms with Crippen LogP contribution in [0.3, 0.4) is 0 Å². The summed E-state index contributed by atoms with van der Waals surface area (Å²) in [7, 11) is 0. The van der Waals surface area contributed by atoms with Gasteiger partial charge >= 0.3 is 0 Å². The molecule has 0 aliphatic carbocycles. The molecule has 0 saturated heterocycles. The minimum atomic E-state index is -0.246. The first-order valence-corrected chi connectivity index (χ1v) is 10.4. The number of benzene rings is 1. The molecule has 1 N–H and O–H groups in total. The average Bonchev–Trinajstić information content (AvgIpc) is 3.41. The van der Waals surface area contributed by atoms with Crippen LogP contribution in [0.5, 0.6) is 0 Å². The third-order valence-electron chi connectivity index (χ3n) is 5.45. The zero-order valence-electron chi connectivity index (χ0n) is 17.2. The number of hydrogen-bond donors (Lipinski definition) is 1. The van der Waals surface area contributed by atoms with Gasteiger partial charge in [0, 0.05) is 37.9 Å². The van der Waals surface area contributed by atoms with Crippen LogP contribution in [0.1, 0.15) is 29.3 Å². The molecule has 7 heteroatoms. The quantitative estimate of drug-likeness (QED) is 0.661. The number of pyridine rings is 1. The Labute approximate surface area is 180 Å². The minimum absolute atomic E-state index is 0.0553. The monoisotopic (exact) mass is 414 g/mol. The predicted octanol–water partition coefficient (Wildman–Crippen LogP) is 4.06. The second-order valence-electron chi connectivity index (χ2n) is 7.73. The van der Waals surface area contributed by atoms with E-state index < -0.39 is 0 Å². The van der Waals surface area contributed by atoms with Gasteiger partial charge in [-0.3, -0.25) is 9.98 Å². The lowest BCUT2D eigenvalue weighted by molar-refractivity contribution is 0.443. The van der Waals surface area contributed by atoms with Gasteiger partial charge in [-0.05, 0) is 66.9 Å². The Morgan fingerprint density at radius 3 is 2.61 bits per heavy atom. The van der Waals surface area contributed by atoms with Gasteiger partial charge in [0.25, 0.3) is 0 Å². The maximum Gasteiger partial charge on any atom is 0.150 e. The van der Waals surface area contributed by atoms with Crippen molar-refractivity contribution in [3.05, 3.63) is 102 Å². The number of rotatable bonds is 6. The molecular formula is C24H23FN6. The highest BCUT2D eigenvalue weighted by Gasteiger charge is 2.28. The molecule has 2 aliphatic rings. The van der Waals surface area contributed by atoms with Crippen LogP contribution < -0.4 is 5.32 Å². The van der Waals surface area contributed by atoms with Crippen LogP contribution in [0.2, 0.25) is 0 Å². The summed E-state index contributed by atoms with van der Waals surface area (Å²) in [6.45, 7) is 3.71. The van der Waals surface area contributed by atoms with Gasteiger partial charge in [-0.15, -0.1) is 0 Å². The van der Waals surface area contributed by atoms with Crippen molar-refractivity contribution in [1.29, 1.82) is 0 Å². The Morgan fingerprint density at radius 2 is 1.87 bits per heavy atom. The summed E-state index contributed by atoms with van der Waals surface area (Å²) in [5.41, 5.74) is 5.02. The molecule has 6 nitrogen and oxygen atoms in total. The van der Waals surface area contributed by atoms with Gasteiger partial charge in [0.1, 0.15) is 11.7 Å². The van der Waals surface area contributed by atoms with Crippen molar-refractivity contribution in [1.82, 2.24) is 24.8 Å². The van der Waals surface area contributed by atoms with Crippen molar-refractivity contribution in [3.63, 3.8) is 0 Å². The fraction of sp³-hybridized carbons (Fsp3) is 0.208. The fourth-order valence-corrected chi connectivity index (χ4v) is 3.89. The first kappa shape index (κ1) is 19.2. The molecular weight excluding hydrogens is 391 g/mol. The molecule has 2 aliphatic heterocycles. The molecule has 0 bridgehead atoms. The summed E-state index contributed by atoms with van der Waals surface area (Å²) in [5, 5.41) is 3.44. The lowest BCUT2D eigenvalue weighted by Gasteiger charge is -2.30. The van der Waals surface area contributed by atoms with Crippen molar-refractivity contribution in [3.8, 4) is 0 Å². The van der Waals surface area contributed by atoms with Gasteiger partial charge in [-0.25, -0.2) is 9.37 Å². The Morgan fingerprint density at radius 1 is 1.06 bits per heavy atom. The SMILES string of the molecule is Cc1cn(CCCN2C=C(c3ccc(F)cc3)NC3=NC(c4ccncc4)C=C32)cn1. The number of nitrogens with zero attached hydrogens (tertiary/aromatic N) is 5. The van der Waals surface area contributed by atoms with E-state index in [1.165, 1.54) is 12.1 Å². The van der Waals surface area contributed by atoms with E-state index >= 15 is 0 Å². The highest BCUT2D eigenvalue weighted by atomic mass is 19.1. The van der Waals surface area contributed by atoms with E-state index in [0.29, 0.717) is 0 Å². The van der Waals surface area contributed by atoms with Crippen LogP contribution in [0.4, 0.5) is 4.39 Å².